The predicted octanol–water partition coefficient (Wildman–Crippen LogP) is 1.98. The molecule has 3 rings (SSSR count). The molecule has 1 saturated heterocycles. The topological polar surface area (TPSA) is 49.2 Å². The Morgan fingerprint density at radius 3 is 2.35 bits per heavy atom. The largest absolute Gasteiger partial charge is 0.393 e. The van der Waals surface area contributed by atoms with Crippen LogP contribution < -0.4 is 4.90 Å². The van der Waals surface area contributed by atoms with Crippen molar-refractivity contribution in [3.63, 3.8) is 0 Å². The molecule has 1 aliphatic heterocycles. The van der Waals surface area contributed by atoms with Crippen LogP contribution in [-0.2, 0) is 0 Å². The lowest BCUT2D eigenvalue weighted by Gasteiger charge is -2.50. The number of rotatable bonds is 1. The summed E-state index contributed by atoms with van der Waals surface area (Å²) in [4.78, 5) is 10.9. The number of hydrogen-bond donors (Lipinski definition) is 1. The molecule has 2 fully saturated rings. The molecule has 1 spiro atoms. The average molecular weight is 298 g/mol. The molecular formula is C12H16BrN3O. The molecule has 5 heteroatoms. The number of nitrogens with zero attached hydrogens (tertiary/aromatic N) is 3. The highest BCUT2D eigenvalue weighted by molar-refractivity contribution is 9.10. The fourth-order valence-electron chi connectivity index (χ4n) is 3.00. The Kier molecular flexibility index (Phi) is 2.83. The van der Waals surface area contributed by atoms with Crippen LogP contribution >= 0.6 is 15.9 Å². The van der Waals surface area contributed by atoms with Gasteiger partial charge < -0.3 is 10.0 Å². The van der Waals surface area contributed by atoms with E-state index in [0.717, 1.165) is 49.2 Å². The second-order valence-corrected chi connectivity index (χ2v) is 6.17. The summed E-state index contributed by atoms with van der Waals surface area (Å²) in [6.07, 6.45) is 7.82. The average Bonchev–Trinajstić information content (AvgIpc) is 2.30. The molecule has 0 radical (unpaired) electrons. The van der Waals surface area contributed by atoms with Crippen LogP contribution in [0.2, 0.25) is 0 Å². The van der Waals surface area contributed by atoms with Gasteiger partial charge in [-0.25, -0.2) is 9.97 Å². The van der Waals surface area contributed by atoms with Crippen LogP contribution in [0.3, 0.4) is 0 Å². The molecule has 1 aliphatic carbocycles. The van der Waals surface area contributed by atoms with Gasteiger partial charge in [0, 0.05) is 25.5 Å². The molecule has 2 heterocycles. The van der Waals surface area contributed by atoms with Crippen molar-refractivity contribution in [1.82, 2.24) is 9.97 Å². The van der Waals surface area contributed by atoms with E-state index < -0.39 is 0 Å². The summed E-state index contributed by atoms with van der Waals surface area (Å²) in [7, 11) is 0. The lowest BCUT2D eigenvalue weighted by atomic mass is 9.61. The fourth-order valence-corrected chi connectivity index (χ4v) is 3.20. The number of aromatic nitrogens is 2. The van der Waals surface area contributed by atoms with E-state index in [-0.39, 0.29) is 6.10 Å². The van der Waals surface area contributed by atoms with Crippen molar-refractivity contribution in [1.29, 1.82) is 0 Å². The van der Waals surface area contributed by atoms with E-state index in [1.165, 1.54) is 0 Å². The molecule has 0 amide bonds. The van der Waals surface area contributed by atoms with Gasteiger partial charge in [0.25, 0.3) is 0 Å². The Morgan fingerprint density at radius 1 is 1.24 bits per heavy atom. The third kappa shape index (κ3) is 2.18. The van der Waals surface area contributed by atoms with Crippen LogP contribution in [0.25, 0.3) is 0 Å². The van der Waals surface area contributed by atoms with E-state index in [1.807, 2.05) is 0 Å². The van der Waals surface area contributed by atoms with Crippen molar-refractivity contribution in [2.24, 2.45) is 5.41 Å². The molecule has 0 unspecified atom stereocenters. The second kappa shape index (κ2) is 4.21. The molecule has 1 saturated carbocycles. The first-order valence-electron chi connectivity index (χ1n) is 6.07. The zero-order chi connectivity index (χ0) is 11.9. The first kappa shape index (κ1) is 11.4. The minimum atomic E-state index is -0.0505. The smallest absolute Gasteiger partial charge is 0.225 e. The number of hydrogen-bond acceptors (Lipinski definition) is 4. The van der Waals surface area contributed by atoms with Gasteiger partial charge in [0.2, 0.25) is 5.95 Å². The van der Waals surface area contributed by atoms with E-state index in [1.54, 1.807) is 12.4 Å². The molecule has 17 heavy (non-hydrogen) atoms. The van der Waals surface area contributed by atoms with E-state index >= 15 is 0 Å². The summed E-state index contributed by atoms with van der Waals surface area (Å²) in [6, 6.07) is 0. The summed E-state index contributed by atoms with van der Waals surface area (Å²) < 4.78 is 0.914. The zero-order valence-electron chi connectivity index (χ0n) is 9.64. The second-order valence-electron chi connectivity index (χ2n) is 5.25. The summed E-state index contributed by atoms with van der Waals surface area (Å²) in [5.41, 5.74) is 0.422. The van der Waals surface area contributed by atoms with E-state index in [4.69, 9.17) is 0 Å². The molecule has 0 atom stereocenters. The molecule has 1 N–H and O–H groups in total. The molecular weight excluding hydrogens is 282 g/mol. The Bertz CT molecular complexity index is 393. The van der Waals surface area contributed by atoms with Crippen LogP contribution in [0, 0.1) is 5.41 Å². The summed E-state index contributed by atoms with van der Waals surface area (Å²) in [5, 5.41) is 9.44. The fraction of sp³-hybridized carbons (Fsp3) is 0.667. The van der Waals surface area contributed by atoms with E-state index in [2.05, 4.69) is 30.8 Å². The molecule has 92 valence electrons. The molecule has 1 aromatic heterocycles. The normalized spacial score (nSPS) is 23.8. The number of piperidine rings is 1. The lowest BCUT2D eigenvalue weighted by Crippen LogP contribution is -2.49. The first-order chi connectivity index (χ1) is 8.17. The van der Waals surface area contributed by atoms with Gasteiger partial charge in [0.05, 0.1) is 10.6 Å². The van der Waals surface area contributed by atoms with Crippen LogP contribution in [0.5, 0.6) is 0 Å². The van der Waals surface area contributed by atoms with Crippen LogP contribution in [-0.4, -0.2) is 34.3 Å². The van der Waals surface area contributed by atoms with Gasteiger partial charge in [-0.15, -0.1) is 0 Å². The minimum Gasteiger partial charge on any atom is -0.393 e. The van der Waals surface area contributed by atoms with Crippen molar-refractivity contribution in [3.05, 3.63) is 16.9 Å². The van der Waals surface area contributed by atoms with Crippen LogP contribution in [0.15, 0.2) is 16.9 Å². The lowest BCUT2D eigenvalue weighted by molar-refractivity contribution is -0.0465. The van der Waals surface area contributed by atoms with Crippen molar-refractivity contribution in [2.75, 3.05) is 18.0 Å². The summed E-state index contributed by atoms with van der Waals surface area (Å²) in [5.74, 6) is 0.822. The van der Waals surface area contributed by atoms with Gasteiger partial charge >= 0.3 is 0 Å². The van der Waals surface area contributed by atoms with E-state index in [9.17, 15) is 5.11 Å². The quantitative estimate of drug-likeness (QED) is 0.861. The monoisotopic (exact) mass is 297 g/mol. The highest BCUT2D eigenvalue weighted by Gasteiger charge is 2.45. The van der Waals surface area contributed by atoms with Gasteiger partial charge in [-0.1, -0.05) is 0 Å². The van der Waals surface area contributed by atoms with E-state index in [0.29, 0.717) is 5.41 Å². The molecule has 0 bridgehead atoms. The van der Waals surface area contributed by atoms with Gasteiger partial charge in [-0.2, -0.15) is 0 Å². The SMILES string of the molecule is OC1CC2(CCN(c3ncc(Br)cn3)CC2)C1. The maximum Gasteiger partial charge on any atom is 0.225 e. The number of halogens is 1. The molecule has 2 aliphatic rings. The van der Waals surface area contributed by atoms with Crippen molar-refractivity contribution >= 4 is 21.9 Å². The standard InChI is InChI=1S/C12H16BrN3O/c13-9-7-14-11(15-8-9)16-3-1-12(2-4-16)5-10(17)6-12/h7-8,10,17H,1-6H2. The van der Waals surface area contributed by atoms with Crippen molar-refractivity contribution < 1.29 is 5.11 Å². The maximum atomic E-state index is 9.44. The highest BCUT2D eigenvalue weighted by Crippen LogP contribution is 2.49. The number of aliphatic hydroxyl groups is 1. The van der Waals surface area contributed by atoms with Gasteiger partial charge in [-0.3, -0.25) is 0 Å². The Hall–Kier alpha value is -0.680. The minimum absolute atomic E-state index is 0.0505. The molecule has 0 aromatic carbocycles. The molecule has 4 nitrogen and oxygen atoms in total. The number of anilines is 1. The van der Waals surface area contributed by atoms with Gasteiger partial charge in [0.15, 0.2) is 0 Å². The summed E-state index contributed by atoms with van der Waals surface area (Å²) in [6.45, 7) is 2.02. The van der Waals surface area contributed by atoms with Crippen LogP contribution in [0.1, 0.15) is 25.7 Å². The third-order valence-electron chi connectivity index (χ3n) is 4.05. The Balaban J connectivity index is 1.63. The maximum absolute atomic E-state index is 9.44. The zero-order valence-corrected chi connectivity index (χ0v) is 11.2. The predicted molar refractivity (Wildman–Crippen MR) is 68.9 cm³/mol. The Morgan fingerprint density at radius 2 is 1.82 bits per heavy atom. The van der Waals surface area contributed by atoms with Crippen molar-refractivity contribution in [3.8, 4) is 0 Å². The van der Waals surface area contributed by atoms with Gasteiger partial charge in [-0.05, 0) is 47.0 Å². The number of aliphatic hydroxyl groups excluding tert-OH is 1. The summed E-state index contributed by atoms with van der Waals surface area (Å²) >= 11 is 3.34. The third-order valence-corrected chi connectivity index (χ3v) is 4.46. The van der Waals surface area contributed by atoms with Crippen LogP contribution in [0.4, 0.5) is 5.95 Å². The first-order valence-corrected chi connectivity index (χ1v) is 6.87. The van der Waals surface area contributed by atoms with Crippen molar-refractivity contribution in [2.45, 2.75) is 31.8 Å². The highest BCUT2D eigenvalue weighted by atomic mass is 79.9. The Labute approximate surface area is 109 Å². The molecule has 1 aromatic rings. The van der Waals surface area contributed by atoms with Gasteiger partial charge in [0.1, 0.15) is 0 Å².